The molecule has 0 aromatic heterocycles. The Morgan fingerprint density at radius 2 is 2.11 bits per heavy atom. The van der Waals surface area contributed by atoms with Gasteiger partial charge in [-0.3, -0.25) is 0 Å². The van der Waals surface area contributed by atoms with Crippen LogP contribution in [0.25, 0.3) is 0 Å². The van der Waals surface area contributed by atoms with Crippen molar-refractivity contribution in [3.63, 3.8) is 0 Å². The van der Waals surface area contributed by atoms with Gasteiger partial charge in [0, 0.05) is 25.2 Å². The Morgan fingerprint density at radius 3 is 2.68 bits per heavy atom. The predicted octanol–water partition coefficient (Wildman–Crippen LogP) is 2.74. The van der Waals surface area contributed by atoms with Crippen molar-refractivity contribution in [2.75, 3.05) is 18.0 Å². The molecule has 0 spiro atoms. The number of thiocarbonyl (C=S) groups is 1. The minimum absolute atomic E-state index is 0.321. The Bertz CT molecular complexity index is 410. The molecule has 2 rings (SSSR count). The van der Waals surface area contributed by atoms with Gasteiger partial charge in [0.2, 0.25) is 0 Å². The highest BCUT2D eigenvalue weighted by Gasteiger charge is 2.24. The van der Waals surface area contributed by atoms with Crippen LogP contribution >= 0.6 is 12.2 Å². The van der Waals surface area contributed by atoms with E-state index in [1.165, 1.54) is 5.69 Å². The van der Waals surface area contributed by atoms with E-state index in [2.05, 4.69) is 36.1 Å². The summed E-state index contributed by atoms with van der Waals surface area (Å²) in [5, 5.41) is 0. The summed E-state index contributed by atoms with van der Waals surface area (Å²) in [6.07, 6.45) is 3.74. The summed E-state index contributed by atoms with van der Waals surface area (Å²) in [4.78, 5) is 2.89. The zero-order valence-corrected chi connectivity index (χ0v) is 12.2. The molecule has 3 nitrogen and oxygen atoms in total. The molecule has 0 bridgehead atoms. The van der Waals surface area contributed by atoms with E-state index in [1.807, 2.05) is 6.07 Å². The number of hydrogen-bond donors (Lipinski definition) is 1. The second-order valence-electron chi connectivity index (χ2n) is 5.14. The van der Waals surface area contributed by atoms with Crippen LogP contribution in [0.4, 0.5) is 5.69 Å². The minimum atomic E-state index is 0.321. The fraction of sp³-hybridized carbons (Fsp3) is 0.533. The fourth-order valence-corrected chi connectivity index (χ4v) is 2.57. The molecular formula is C15H22N2OS. The van der Waals surface area contributed by atoms with Gasteiger partial charge >= 0.3 is 0 Å². The van der Waals surface area contributed by atoms with Gasteiger partial charge in [0.25, 0.3) is 0 Å². The number of anilines is 1. The average Bonchev–Trinajstić information content (AvgIpc) is 2.81. The van der Waals surface area contributed by atoms with Crippen LogP contribution in [-0.4, -0.2) is 30.3 Å². The number of para-hydroxylation sites is 1. The smallest absolute Gasteiger partial charge is 0.0754 e. The van der Waals surface area contributed by atoms with Gasteiger partial charge in [-0.05, 0) is 31.9 Å². The van der Waals surface area contributed by atoms with Crippen molar-refractivity contribution in [3.8, 4) is 0 Å². The van der Waals surface area contributed by atoms with Gasteiger partial charge in [-0.2, -0.15) is 0 Å². The molecular weight excluding hydrogens is 256 g/mol. The maximum absolute atomic E-state index is 5.91. The lowest BCUT2D eigenvalue weighted by atomic mass is 10.2. The molecule has 1 heterocycles. The summed E-state index contributed by atoms with van der Waals surface area (Å²) in [5.74, 6) is 0. The van der Waals surface area contributed by atoms with Crippen LogP contribution in [0.5, 0.6) is 0 Å². The molecule has 0 radical (unpaired) electrons. The third-order valence-corrected chi connectivity index (χ3v) is 3.70. The molecule has 1 aliphatic heterocycles. The van der Waals surface area contributed by atoms with Gasteiger partial charge in [0.05, 0.1) is 17.2 Å². The summed E-state index contributed by atoms with van der Waals surface area (Å²) >= 11 is 4.99. The standard InChI is InChI=1S/C15H22N2OS/c1-12-7-8-14(18-12)11-17(10-9-15(16)19)13-5-3-2-4-6-13/h2-6,12,14H,7-11H2,1H3,(H2,16,19). The molecule has 104 valence electrons. The molecule has 2 unspecified atom stereocenters. The maximum Gasteiger partial charge on any atom is 0.0754 e. The van der Waals surface area contributed by atoms with Crippen LogP contribution in [0.15, 0.2) is 30.3 Å². The van der Waals surface area contributed by atoms with Crippen molar-refractivity contribution in [3.05, 3.63) is 30.3 Å². The Hall–Kier alpha value is -1.13. The summed E-state index contributed by atoms with van der Waals surface area (Å²) < 4.78 is 5.91. The lowest BCUT2D eigenvalue weighted by molar-refractivity contribution is 0.0601. The number of ether oxygens (including phenoxy) is 1. The fourth-order valence-electron chi connectivity index (χ4n) is 2.48. The lowest BCUT2D eigenvalue weighted by Gasteiger charge is -2.27. The second-order valence-corrected chi connectivity index (χ2v) is 5.67. The molecule has 0 aliphatic carbocycles. The van der Waals surface area contributed by atoms with Crippen LogP contribution < -0.4 is 10.6 Å². The monoisotopic (exact) mass is 278 g/mol. The number of benzene rings is 1. The van der Waals surface area contributed by atoms with Gasteiger partial charge in [-0.25, -0.2) is 0 Å². The van der Waals surface area contributed by atoms with E-state index in [0.717, 1.165) is 32.4 Å². The van der Waals surface area contributed by atoms with E-state index in [1.54, 1.807) is 0 Å². The quantitative estimate of drug-likeness (QED) is 0.812. The SMILES string of the molecule is CC1CCC(CN(CCC(N)=S)c2ccccc2)O1. The molecule has 2 atom stereocenters. The van der Waals surface area contributed by atoms with Crippen molar-refractivity contribution in [1.82, 2.24) is 0 Å². The zero-order chi connectivity index (χ0) is 13.7. The minimum Gasteiger partial charge on any atom is -0.393 e. The summed E-state index contributed by atoms with van der Waals surface area (Å²) in [5.41, 5.74) is 6.83. The van der Waals surface area contributed by atoms with Crippen LogP contribution in [-0.2, 0) is 4.74 Å². The van der Waals surface area contributed by atoms with E-state index < -0.39 is 0 Å². The number of hydrogen-bond acceptors (Lipinski definition) is 3. The van der Waals surface area contributed by atoms with Crippen LogP contribution in [0.2, 0.25) is 0 Å². The largest absolute Gasteiger partial charge is 0.393 e. The number of nitrogens with zero attached hydrogens (tertiary/aromatic N) is 1. The van der Waals surface area contributed by atoms with Crippen LogP contribution in [0.1, 0.15) is 26.2 Å². The summed E-state index contributed by atoms with van der Waals surface area (Å²) in [7, 11) is 0. The van der Waals surface area contributed by atoms with Crippen LogP contribution in [0.3, 0.4) is 0 Å². The number of rotatable bonds is 6. The first-order valence-corrected chi connectivity index (χ1v) is 7.29. The first kappa shape index (κ1) is 14.3. The molecule has 2 N–H and O–H groups in total. The lowest BCUT2D eigenvalue weighted by Crippen LogP contribution is -2.34. The maximum atomic E-state index is 5.91. The van der Waals surface area contributed by atoms with E-state index >= 15 is 0 Å². The van der Waals surface area contributed by atoms with Gasteiger partial charge in [0.15, 0.2) is 0 Å². The predicted molar refractivity (Wildman–Crippen MR) is 83.6 cm³/mol. The van der Waals surface area contributed by atoms with Crippen molar-refractivity contribution in [2.45, 2.75) is 38.4 Å². The zero-order valence-electron chi connectivity index (χ0n) is 11.4. The van der Waals surface area contributed by atoms with Crippen molar-refractivity contribution >= 4 is 22.9 Å². The van der Waals surface area contributed by atoms with Gasteiger partial charge in [-0.15, -0.1) is 0 Å². The molecule has 19 heavy (non-hydrogen) atoms. The Labute approximate surface area is 120 Å². The van der Waals surface area contributed by atoms with Crippen LogP contribution in [0, 0.1) is 0 Å². The van der Waals surface area contributed by atoms with Gasteiger partial charge in [-0.1, -0.05) is 30.4 Å². The van der Waals surface area contributed by atoms with E-state index in [0.29, 0.717) is 17.2 Å². The Kier molecular flexibility index (Phi) is 5.16. The molecule has 1 aromatic rings. The molecule has 0 amide bonds. The highest BCUT2D eigenvalue weighted by Crippen LogP contribution is 2.22. The first-order chi connectivity index (χ1) is 9.15. The first-order valence-electron chi connectivity index (χ1n) is 6.89. The van der Waals surface area contributed by atoms with Crippen molar-refractivity contribution in [1.29, 1.82) is 0 Å². The van der Waals surface area contributed by atoms with E-state index in [4.69, 9.17) is 22.7 Å². The third-order valence-electron chi connectivity index (χ3n) is 3.49. The highest BCUT2D eigenvalue weighted by atomic mass is 32.1. The Balaban J connectivity index is 1.99. The molecule has 1 saturated heterocycles. The van der Waals surface area contributed by atoms with E-state index in [-0.39, 0.29) is 0 Å². The molecule has 1 fully saturated rings. The van der Waals surface area contributed by atoms with Gasteiger partial charge in [0.1, 0.15) is 0 Å². The van der Waals surface area contributed by atoms with Gasteiger partial charge < -0.3 is 15.4 Å². The van der Waals surface area contributed by atoms with E-state index in [9.17, 15) is 0 Å². The highest BCUT2D eigenvalue weighted by molar-refractivity contribution is 7.80. The third kappa shape index (κ3) is 4.48. The molecule has 0 saturated carbocycles. The van der Waals surface area contributed by atoms with Crippen molar-refractivity contribution in [2.24, 2.45) is 5.73 Å². The average molecular weight is 278 g/mol. The molecule has 1 aliphatic rings. The summed E-state index contributed by atoms with van der Waals surface area (Å²) in [6.45, 7) is 3.91. The normalized spacial score (nSPS) is 22.4. The second kappa shape index (κ2) is 6.87. The number of nitrogens with two attached hydrogens (primary N) is 1. The summed E-state index contributed by atoms with van der Waals surface area (Å²) in [6, 6.07) is 10.4. The molecule has 4 heteroatoms. The topological polar surface area (TPSA) is 38.5 Å². The molecule has 1 aromatic carbocycles. The van der Waals surface area contributed by atoms with Crippen molar-refractivity contribution < 1.29 is 4.74 Å². The Morgan fingerprint density at radius 1 is 1.37 bits per heavy atom.